The molecule has 4 nitrogen and oxygen atoms in total. The summed E-state index contributed by atoms with van der Waals surface area (Å²) in [5, 5.41) is 3.09. The number of nitrogens with zero attached hydrogens (tertiary/aromatic N) is 2. The van der Waals surface area contributed by atoms with Crippen molar-refractivity contribution in [2.24, 2.45) is 4.99 Å². The van der Waals surface area contributed by atoms with Crippen molar-refractivity contribution in [2.45, 2.75) is 104 Å². The normalized spacial score (nSPS) is 23.6. The van der Waals surface area contributed by atoms with E-state index in [0.717, 1.165) is 30.4 Å². The molecule has 1 heterocycles. The lowest BCUT2D eigenvalue weighted by Crippen LogP contribution is -2.63. The van der Waals surface area contributed by atoms with Crippen molar-refractivity contribution in [3.05, 3.63) is 12.2 Å². The summed E-state index contributed by atoms with van der Waals surface area (Å²) in [5.41, 5.74) is 0. The molecule has 150 valence electrons. The third kappa shape index (κ3) is 7.61. The molecule has 1 amide bonds. The first-order valence-electron chi connectivity index (χ1n) is 10.9. The molecule has 26 heavy (non-hydrogen) atoms. The van der Waals surface area contributed by atoms with Crippen molar-refractivity contribution < 1.29 is 9.28 Å². The number of aliphatic imine (C=N–C) groups is 1. The molecule has 0 fully saturated rings. The summed E-state index contributed by atoms with van der Waals surface area (Å²) in [4.78, 5) is 16.2. The molecular formula is C22H42N3O+. The number of hydrogen-bond acceptors (Lipinski definition) is 2. The lowest BCUT2D eigenvalue weighted by molar-refractivity contribution is -0.959. The van der Waals surface area contributed by atoms with E-state index >= 15 is 0 Å². The highest BCUT2D eigenvalue weighted by Crippen LogP contribution is 2.26. The van der Waals surface area contributed by atoms with Gasteiger partial charge in [0.25, 0.3) is 0 Å². The van der Waals surface area contributed by atoms with Gasteiger partial charge in [-0.15, -0.1) is 0 Å². The van der Waals surface area contributed by atoms with E-state index in [9.17, 15) is 4.79 Å². The quantitative estimate of drug-likeness (QED) is 0.257. The molecule has 3 unspecified atom stereocenters. The van der Waals surface area contributed by atoms with Crippen LogP contribution in [-0.2, 0) is 4.79 Å². The second kappa shape index (κ2) is 13.1. The van der Waals surface area contributed by atoms with Crippen molar-refractivity contribution in [2.75, 3.05) is 13.1 Å². The Kier molecular flexibility index (Phi) is 11.5. The van der Waals surface area contributed by atoms with Crippen LogP contribution >= 0.6 is 0 Å². The lowest BCUT2D eigenvalue weighted by atomic mass is 10.1. The van der Waals surface area contributed by atoms with E-state index in [1.165, 1.54) is 51.4 Å². The van der Waals surface area contributed by atoms with Gasteiger partial charge in [-0.1, -0.05) is 51.2 Å². The van der Waals surface area contributed by atoms with Crippen LogP contribution in [0.4, 0.5) is 0 Å². The molecule has 0 aromatic rings. The molecule has 0 saturated carbocycles. The van der Waals surface area contributed by atoms with Gasteiger partial charge in [0, 0.05) is 20.3 Å². The van der Waals surface area contributed by atoms with Gasteiger partial charge in [-0.25, -0.2) is 4.99 Å². The average molecular weight is 365 g/mol. The maximum atomic E-state index is 11.5. The van der Waals surface area contributed by atoms with Gasteiger partial charge in [0.15, 0.2) is 12.3 Å². The summed E-state index contributed by atoms with van der Waals surface area (Å²) < 4.78 is 0.862. The van der Waals surface area contributed by atoms with Crippen LogP contribution in [0.2, 0.25) is 0 Å². The van der Waals surface area contributed by atoms with Crippen LogP contribution in [0.25, 0.3) is 0 Å². The number of quaternary nitrogens is 1. The van der Waals surface area contributed by atoms with Gasteiger partial charge in [0.1, 0.15) is 6.54 Å². The Morgan fingerprint density at radius 3 is 2.46 bits per heavy atom. The van der Waals surface area contributed by atoms with Crippen molar-refractivity contribution in [3.63, 3.8) is 0 Å². The number of nitrogens with one attached hydrogen (secondary N) is 1. The van der Waals surface area contributed by atoms with Crippen LogP contribution in [0.5, 0.6) is 0 Å². The highest BCUT2D eigenvalue weighted by molar-refractivity contribution is 5.73. The Hall–Kier alpha value is -1.16. The highest BCUT2D eigenvalue weighted by atomic mass is 16.1. The van der Waals surface area contributed by atoms with Crippen LogP contribution in [0, 0.1) is 0 Å². The Bertz CT molecular complexity index is 447. The third-order valence-electron chi connectivity index (χ3n) is 5.79. The van der Waals surface area contributed by atoms with Crippen LogP contribution < -0.4 is 5.32 Å². The zero-order chi connectivity index (χ0) is 19.3. The fraction of sp³-hybridized carbons (Fsp3) is 0.818. The number of hydrogen-bond donors (Lipinski definition) is 1. The van der Waals surface area contributed by atoms with Gasteiger partial charge >= 0.3 is 0 Å². The van der Waals surface area contributed by atoms with E-state index in [4.69, 9.17) is 4.99 Å². The highest BCUT2D eigenvalue weighted by Gasteiger charge is 2.42. The molecule has 1 N–H and O–H groups in total. The van der Waals surface area contributed by atoms with Gasteiger partial charge in [0.2, 0.25) is 5.91 Å². The molecule has 0 bridgehead atoms. The number of carbonyl (C=O) groups excluding carboxylic acids is 1. The number of carbonyl (C=O) groups is 1. The minimum atomic E-state index is 0.0479. The van der Waals surface area contributed by atoms with Crippen molar-refractivity contribution in [3.8, 4) is 0 Å². The lowest BCUT2D eigenvalue weighted by Gasteiger charge is -2.42. The first kappa shape index (κ1) is 22.9. The number of allylic oxidation sites excluding steroid dienone is 2. The summed E-state index contributed by atoms with van der Waals surface area (Å²) in [7, 11) is 0. The van der Waals surface area contributed by atoms with Crippen molar-refractivity contribution in [1.29, 1.82) is 0 Å². The van der Waals surface area contributed by atoms with E-state index in [0.29, 0.717) is 0 Å². The third-order valence-corrected chi connectivity index (χ3v) is 5.79. The van der Waals surface area contributed by atoms with Crippen LogP contribution in [0.3, 0.4) is 0 Å². The molecule has 0 saturated heterocycles. The molecule has 0 radical (unpaired) electrons. The van der Waals surface area contributed by atoms with Crippen LogP contribution in [-0.4, -0.2) is 42.0 Å². The Morgan fingerprint density at radius 2 is 1.81 bits per heavy atom. The maximum Gasteiger partial charge on any atom is 0.221 e. The molecule has 0 aliphatic carbocycles. The van der Waals surface area contributed by atoms with Crippen molar-refractivity contribution >= 4 is 12.1 Å². The molecular weight excluding hydrogens is 322 g/mol. The molecule has 4 heteroatoms. The topological polar surface area (TPSA) is 41.5 Å². The van der Waals surface area contributed by atoms with E-state index in [1.807, 2.05) is 0 Å². The molecule has 1 aliphatic rings. The average Bonchev–Trinajstić information content (AvgIpc) is 3.03. The van der Waals surface area contributed by atoms with E-state index in [2.05, 4.69) is 44.5 Å². The summed E-state index contributed by atoms with van der Waals surface area (Å²) in [5.74, 6) is 0.0479. The van der Waals surface area contributed by atoms with Gasteiger partial charge in [-0.2, -0.15) is 0 Å². The van der Waals surface area contributed by atoms with Crippen LogP contribution in [0.15, 0.2) is 17.1 Å². The smallest absolute Gasteiger partial charge is 0.221 e. The van der Waals surface area contributed by atoms with Gasteiger partial charge < -0.3 is 5.32 Å². The predicted octanol–water partition coefficient (Wildman–Crippen LogP) is 5.19. The molecule has 0 aromatic carbocycles. The Morgan fingerprint density at radius 1 is 1.15 bits per heavy atom. The molecule has 3 atom stereocenters. The number of amides is 1. The first-order valence-corrected chi connectivity index (χ1v) is 10.9. The largest absolute Gasteiger partial charge is 0.307 e. The molecule has 1 aliphatic heterocycles. The SMILES string of the molecule is CCCCCCCC/C=C/CCCC1N=CC[N+]1(CC)C(C)NC(C)=O. The second-order valence-electron chi connectivity index (χ2n) is 7.75. The molecule has 0 spiro atoms. The Balaban J connectivity index is 2.25. The monoisotopic (exact) mass is 364 g/mol. The van der Waals surface area contributed by atoms with E-state index < -0.39 is 0 Å². The van der Waals surface area contributed by atoms with Crippen molar-refractivity contribution in [1.82, 2.24) is 5.32 Å². The minimum Gasteiger partial charge on any atom is -0.307 e. The van der Waals surface area contributed by atoms with E-state index in [-0.39, 0.29) is 18.2 Å². The minimum absolute atomic E-state index is 0.0479. The number of unbranched alkanes of at least 4 members (excludes halogenated alkanes) is 7. The summed E-state index contributed by atoms with van der Waals surface area (Å²) >= 11 is 0. The summed E-state index contributed by atoms with van der Waals surface area (Å²) in [6.07, 6.45) is 20.0. The second-order valence-corrected chi connectivity index (χ2v) is 7.75. The first-order chi connectivity index (χ1) is 12.6. The fourth-order valence-corrected chi connectivity index (χ4v) is 4.06. The summed E-state index contributed by atoms with van der Waals surface area (Å²) in [6.45, 7) is 10.1. The predicted molar refractivity (Wildman–Crippen MR) is 112 cm³/mol. The maximum absolute atomic E-state index is 11.5. The fourth-order valence-electron chi connectivity index (χ4n) is 4.06. The zero-order valence-corrected chi connectivity index (χ0v) is 17.7. The summed E-state index contributed by atoms with van der Waals surface area (Å²) in [6, 6.07) is 0. The van der Waals surface area contributed by atoms with E-state index in [1.54, 1.807) is 6.92 Å². The Labute approximate surface area is 161 Å². The molecule has 1 rings (SSSR count). The van der Waals surface area contributed by atoms with Gasteiger partial charge in [0.05, 0.1) is 12.8 Å². The van der Waals surface area contributed by atoms with Gasteiger partial charge in [-0.05, 0) is 32.6 Å². The van der Waals surface area contributed by atoms with Crippen LogP contribution in [0.1, 0.15) is 91.9 Å². The van der Waals surface area contributed by atoms with Gasteiger partial charge in [-0.3, -0.25) is 9.28 Å². The zero-order valence-electron chi connectivity index (χ0n) is 17.7. The standard InChI is InChI=1S/C22H41N3O/c1-5-7-8-9-10-11-12-13-14-15-16-17-22-23-18-19-25(22,6-2)20(3)24-21(4)26/h13-14,18,20,22H,5-12,15-17,19H2,1-4H3/p+1/b14-13+. The molecule has 0 aromatic heterocycles. The number of rotatable bonds is 14.